The average molecular weight is 500 g/mol. The summed E-state index contributed by atoms with van der Waals surface area (Å²) in [6.45, 7) is 8.78. The number of guanidine groups is 1. The number of benzene rings is 1. The number of aliphatic imine (C=N–C) groups is 1. The van der Waals surface area contributed by atoms with Crippen molar-refractivity contribution in [3.63, 3.8) is 0 Å². The van der Waals surface area contributed by atoms with Crippen molar-refractivity contribution in [1.29, 1.82) is 0 Å². The first-order valence-electron chi connectivity index (χ1n) is 9.87. The second-order valence-electron chi connectivity index (χ2n) is 7.78. The summed E-state index contributed by atoms with van der Waals surface area (Å²) in [4.78, 5) is 21.1. The fourth-order valence-electron chi connectivity index (χ4n) is 4.19. The minimum Gasteiger partial charge on any atom is -0.469 e. The lowest BCUT2D eigenvalue weighted by Crippen LogP contribution is -2.48. The van der Waals surface area contributed by atoms with Gasteiger partial charge < -0.3 is 15.0 Å². The third kappa shape index (κ3) is 5.17. The van der Waals surface area contributed by atoms with Crippen LogP contribution >= 0.6 is 24.0 Å². The van der Waals surface area contributed by atoms with Gasteiger partial charge >= 0.3 is 5.97 Å². The number of fused-ring (bicyclic) bond motifs is 1. The van der Waals surface area contributed by atoms with Crippen LogP contribution in [-0.2, 0) is 22.5 Å². The van der Waals surface area contributed by atoms with Gasteiger partial charge in [0.1, 0.15) is 0 Å². The van der Waals surface area contributed by atoms with Crippen LogP contribution in [0.25, 0.3) is 0 Å². The predicted molar refractivity (Wildman–Crippen MR) is 123 cm³/mol. The monoisotopic (exact) mass is 500 g/mol. The van der Waals surface area contributed by atoms with Gasteiger partial charge in [-0.1, -0.05) is 31.2 Å². The zero-order valence-corrected chi connectivity index (χ0v) is 19.7. The molecule has 1 saturated heterocycles. The molecule has 0 aromatic heterocycles. The number of carbonyl (C=O) groups excluding carboxylic acids is 1. The number of likely N-dealkylation sites (tertiary alicyclic amines) is 1. The number of esters is 1. The number of ether oxygens (including phenoxy) is 1. The minimum absolute atomic E-state index is 0. The van der Waals surface area contributed by atoms with Gasteiger partial charge in [0.25, 0.3) is 0 Å². The van der Waals surface area contributed by atoms with Crippen molar-refractivity contribution < 1.29 is 9.53 Å². The normalized spacial score (nSPS) is 23.6. The molecular formula is C21H33IN4O2. The molecule has 0 radical (unpaired) electrons. The van der Waals surface area contributed by atoms with Gasteiger partial charge in [-0.05, 0) is 30.4 Å². The smallest absolute Gasteiger partial charge is 0.310 e. The number of nitrogens with zero attached hydrogens (tertiary/aromatic N) is 3. The Hall–Kier alpha value is -1.35. The van der Waals surface area contributed by atoms with Crippen LogP contribution in [0.4, 0.5) is 0 Å². The summed E-state index contributed by atoms with van der Waals surface area (Å²) in [5.74, 6) is 0.940. The van der Waals surface area contributed by atoms with Crippen LogP contribution in [0.2, 0.25) is 0 Å². The van der Waals surface area contributed by atoms with Crippen LogP contribution in [0.5, 0.6) is 0 Å². The van der Waals surface area contributed by atoms with E-state index in [4.69, 9.17) is 4.74 Å². The van der Waals surface area contributed by atoms with Gasteiger partial charge in [-0.25, -0.2) is 0 Å². The summed E-state index contributed by atoms with van der Waals surface area (Å²) < 4.78 is 4.94. The van der Waals surface area contributed by atoms with E-state index in [1.54, 1.807) is 7.05 Å². The number of halogens is 1. The molecule has 1 aromatic carbocycles. The number of nitrogens with one attached hydrogen (secondary N) is 1. The quantitative estimate of drug-likeness (QED) is 0.298. The Balaban J connectivity index is 0.00000280. The molecule has 3 atom stereocenters. The maximum atomic E-state index is 11.9. The van der Waals surface area contributed by atoms with Gasteiger partial charge in [0.05, 0.1) is 13.0 Å². The Morgan fingerprint density at radius 2 is 2.04 bits per heavy atom. The lowest BCUT2D eigenvalue weighted by Gasteiger charge is -2.34. The van der Waals surface area contributed by atoms with Crippen LogP contribution in [0, 0.1) is 11.8 Å². The molecule has 0 bridgehead atoms. The molecule has 3 unspecified atom stereocenters. The Morgan fingerprint density at radius 1 is 1.32 bits per heavy atom. The maximum absolute atomic E-state index is 11.9. The van der Waals surface area contributed by atoms with Crippen molar-refractivity contribution in [1.82, 2.24) is 15.1 Å². The molecule has 6 nitrogen and oxygen atoms in total. The van der Waals surface area contributed by atoms with Crippen LogP contribution in [0.3, 0.4) is 0 Å². The fourth-order valence-corrected chi connectivity index (χ4v) is 4.19. The highest BCUT2D eigenvalue weighted by molar-refractivity contribution is 14.0. The molecule has 0 spiro atoms. The largest absolute Gasteiger partial charge is 0.469 e. The molecule has 2 heterocycles. The molecule has 0 amide bonds. The molecule has 0 saturated carbocycles. The highest BCUT2D eigenvalue weighted by atomic mass is 127. The highest BCUT2D eigenvalue weighted by Crippen LogP contribution is 2.24. The zero-order valence-electron chi connectivity index (χ0n) is 17.4. The van der Waals surface area contributed by atoms with Gasteiger partial charge in [-0.15, -0.1) is 24.0 Å². The first kappa shape index (κ1) is 22.9. The average Bonchev–Trinajstić information content (AvgIpc) is 3.08. The molecule has 2 aliphatic heterocycles. The molecule has 1 fully saturated rings. The second kappa shape index (κ2) is 10.4. The fraction of sp³-hybridized carbons (Fsp3) is 0.619. The molecule has 1 N–H and O–H groups in total. The molecular weight excluding hydrogens is 467 g/mol. The van der Waals surface area contributed by atoms with Crippen LogP contribution in [-0.4, -0.2) is 68.1 Å². The Morgan fingerprint density at radius 3 is 2.71 bits per heavy atom. The molecule has 1 aromatic rings. The number of carbonyl (C=O) groups is 1. The molecule has 156 valence electrons. The SMILES string of the molecule is CN=C(NCC(C)N1CCc2ccccc2C1)N1CC(C)C(C(=O)OC)C1.I. The summed E-state index contributed by atoms with van der Waals surface area (Å²) >= 11 is 0. The number of rotatable bonds is 4. The van der Waals surface area contributed by atoms with Crippen molar-refractivity contribution >= 4 is 35.9 Å². The van der Waals surface area contributed by atoms with E-state index in [0.717, 1.165) is 38.6 Å². The van der Waals surface area contributed by atoms with Gasteiger partial charge in [-0.3, -0.25) is 14.7 Å². The van der Waals surface area contributed by atoms with Crippen molar-refractivity contribution in [2.75, 3.05) is 40.3 Å². The molecule has 2 aliphatic rings. The standard InChI is InChI=1S/C21H32N4O2.HI/c1-15-12-25(14-19(15)20(26)27-4)21(22-3)23-11-16(2)24-10-9-17-7-5-6-8-18(17)13-24;/h5-8,15-16,19H,9-14H2,1-4H3,(H,22,23);1H. The summed E-state index contributed by atoms with van der Waals surface area (Å²) in [7, 11) is 3.27. The van der Waals surface area contributed by atoms with Crippen molar-refractivity contribution in [3.05, 3.63) is 35.4 Å². The summed E-state index contributed by atoms with van der Waals surface area (Å²) in [5.41, 5.74) is 2.92. The summed E-state index contributed by atoms with van der Waals surface area (Å²) in [5, 5.41) is 3.51. The first-order valence-corrected chi connectivity index (χ1v) is 9.87. The zero-order chi connectivity index (χ0) is 19.4. The van der Waals surface area contributed by atoms with Crippen LogP contribution in [0.1, 0.15) is 25.0 Å². The molecule has 7 heteroatoms. The lowest BCUT2D eigenvalue weighted by molar-refractivity contribution is -0.145. The first-order chi connectivity index (χ1) is 13.0. The van der Waals surface area contributed by atoms with E-state index in [2.05, 4.69) is 58.2 Å². The van der Waals surface area contributed by atoms with Gasteiger partial charge in [0.2, 0.25) is 0 Å². The predicted octanol–water partition coefficient (Wildman–Crippen LogP) is 2.37. The molecule has 3 rings (SSSR count). The molecule has 28 heavy (non-hydrogen) atoms. The van der Waals surface area contributed by atoms with E-state index in [1.165, 1.54) is 18.2 Å². The highest BCUT2D eigenvalue weighted by Gasteiger charge is 2.37. The van der Waals surface area contributed by atoms with Gasteiger partial charge in [0, 0.05) is 45.8 Å². The third-order valence-corrected chi connectivity index (χ3v) is 5.97. The van der Waals surface area contributed by atoms with Crippen LogP contribution in [0.15, 0.2) is 29.3 Å². The molecule has 0 aliphatic carbocycles. The van der Waals surface area contributed by atoms with Crippen LogP contribution < -0.4 is 5.32 Å². The van der Waals surface area contributed by atoms with E-state index in [9.17, 15) is 4.79 Å². The number of hydrogen-bond donors (Lipinski definition) is 1. The van der Waals surface area contributed by atoms with E-state index in [1.807, 2.05) is 0 Å². The summed E-state index contributed by atoms with van der Waals surface area (Å²) in [6.07, 6.45) is 1.11. The van der Waals surface area contributed by atoms with Gasteiger partial charge in [0.15, 0.2) is 5.96 Å². The topological polar surface area (TPSA) is 57.2 Å². The number of hydrogen-bond acceptors (Lipinski definition) is 4. The number of methoxy groups -OCH3 is 1. The summed E-state index contributed by atoms with van der Waals surface area (Å²) in [6, 6.07) is 9.14. The maximum Gasteiger partial charge on any atom is 0.310 e. The Labute approximate surface area is 185 Å². The Kier molecular flexibility index (Phi) is 8.55. The van der Waals surface area contributed by atoms with Crippen molar-refractivity contribution in [2.45, 2.75) is 32.9 Å². The Bertz CT molecular complexity index is 697. The van der Waals surface area contributed by atoms with E-state index < -0.39 is 0 Å². The lowest BCUT2D eigenvalue weighted by atomic mass is 9.99. The van der Waals surface area contributed by atoms with Crippen molar-refractivity contribution in [2.24, 2.45) is 16.8 Å². The second-order valence-corrected chi connectivity index (χ2v) is 7.78. The third-order valence-electron chi connectivity index (χ3n) is 5.97. The minimum atomic E-state index is -0.124. The van der Waals surface area contributed by atoms with Gasteiger partial charge in [-0.2, -0.15) is 0 Å². The van der Waals surface area contributed by atoms with E-state index in [-0.39, 0.29) is 41.8 Å². The van der Waals surface area contributed by atoms with E-state index in [0.29, 0.717) is 12.6 Å². The van der Waals surface area contributed by atoms with Crippen molar-refractivity contribution in [3.8, 4) is 0 Å². The van der Waals surface area contributed by atoms with E-state index >= 15 is 0 Å².